The van der Waals surface area contributed by atoms with Crippen LogP contribution in [0.15, 0.2) is 35.3 Å². The molecular formula is C15H18ClN3O. The molecule has 0 saturated heterocycles. The zero-order chi connectivity index (χ0) is 14.7. The average molecular weight is 292 g/mol. The molecule has 2 rings (SSSR count). The molecule has 4 nitrogen and oxygen atoms in total. The molecule has 1 aromatic carbocycles. The monoisotopic (exact) mass is 291 g/mol. The Hall–Kier alpha value is -1.81. The molecule has 1 unspecified atom stereocenters. The molecule has 1 aromatic heterocycles. The van der Waals surface area contributed by atoms with Crippen molar-refractivity contribution in [1.29, 1.82) is 0 Å². The van der Waals surface area contributed by atoms with E-state index in [0.717, 1.165) is 0 Å². The number of hydrogen-bond donors (Lipinski definition) is 1. The highest BCUT2D eigenvalue weighted by molar-refractivity contribution is 6.32. The molecule has 1 heterocycles. The molecule has 0 radical (unpaired) electrons. The van der Waals surface area contributed by atoms with Crippen LogP contribution in [-0.2, 0) is 6.54 Å². The van der Waals surface area contributed by atoms with Gasteiger partial charge in [0.2, 0.25) is 0 Å². The van der Waals surface area contributed by atoms with Crippen LogP contribution in [0.1, 0.15) is 31.0 Å². The average Bonchev–Trinajstić information content (AvgIpc) is 2.44. The van der Waals surface area contributed by atoms with Gasteiger partial charge in [0, 0.05) is 12.6 Å². The highest BCUT2D eigenvalue weighted by Crippen LogP contribution is 2.24. The lowest BCUT2D eigenvalue weighted by Gasteiger charge is -2.18. The minimum absolute atomic E-state index is 0.0485. The van der Waals surface area contributed by atoms with Crippen LogP contribution in [0.5, 0.6) is 0 Å². The molecule has 0 spiro atoms. The number of aryl methyl sites for hydroxylation is 2. The number of rotatable bonds is 4. The van der Waals surface area contributed by atoms with E-state index in [1.54, 1.807) is 6.20 Å². The Labute approximate surface area is 123 Å². The standard InChI is InChI=1S/C15H18ClN3O/c1-4-19-15(20)14(16)13(9-17-19)18-11(3)12-8-6-5-7-10(12)2/h5-9,11,18H,4H2,1-3H3. The molecule has 2 aromatic rings. The molecule has 0 aliphatic heterocycles. The second-order valence-corrected chi connectivity index (χ2v) is 5.09. The van der Waals surface area contributed by atoms with Gasteiger partial charge in [-0.2, -0.15) is 5.10 Å². The van der Waals surface area contributed by atoms with E-state index >= 15 is 0 Å². The molecule has 0 aliphatic carbocycles. The number of halogens is 1. The number of nitrogens with zero attached hydrogens (tertiary/aromatic N) is 2. The first-order chi connectivity index (χ1) is 9.54. The summed E-state index contributed by atoms with van der Waals surface area (Å²) in [5, 5.41) is 7.52. The maximum atomic E-state index is 11.9. The zero-order valence-corrected chi connectivity index (χ0v) is 12.6. The summed E-state index contributed by atoms with van der Waals surface area (Å²) < 4.78 is 1.34. The smallest absolute Gasteiger partial charge is 0.287 e. The fourth-order valence-electron chi connectivity index (χ4n) is 2.17. The molecule has 0 saturated carbocycles. The van der Waals surface area contributed by atoms with Gasteiger partial charge in [0.15, 0.2) is 0 Å². The predicted octanol–water partition coefficient (Wildman–Crippen LogP) is 3.40. The number of aromatic nitrogens is 2. The zero-order valence-electron chi connectivity index (χ0n) is 11.9. The minimum Gasteiger partial charge on any atom is -0.376 e. The Morgan fingerprint density at radius 1 is 1.40 bits per heavy atom. The minimum atomic E-state index is -0.267. The molecule has 5 heteroatoms. The van der Waals surface area contributed by atoms with E-state index in [1.165, 1.54) is 15.8 Å². The van der Waals surface area contributed by atoms with E-state index in [4.69, 9.17) is 11.6 Å². The molecule has 0 aliphatic rings. The van der Waals surface area contributed by atoms with Gasteiger partial charge in [0.05, 0.1) is 11.9 Å². The maximum Gasteiger partial charge on any atom is 0.287 e. The molecule has 0 fully saturated rings. The van der Waals surface area contributed by atoms with Crippen molar-refractivity contribution in [2.24, 2.45) is 0 Å². The van der Waals surface area contributed by atoms with E-state index in [-0.39, 0.29) is 16.6 Å². The van der Waals surface area contributed by atoms with Crippen LogP contribution in [0.2, 0.25) is 5.02 Å². The number of anilines is 1. The lowest BCUT2D eigenvalue weighted by Crippen LogP contribution is -2.23. The first-order valence-corrected chi connectivity index (χ1v) is 7.00. The van der Waals surface area contributed by atoms with Crippen LogP contribution < -0.4 is 10.9 Å². The van der Waals surface area contributed by atoms with Crippen molar-refractivity contribution in [3.05, 3.63) is 57.0 Å². The van der Waals surface area contributed by atoms with E-state index < -0.39 is 0 Å². The van der Waals surface area contributed by atoms with Gasteiger partial charge in [-0.05, 0) is 31.9 Å². The Kier molecular flexibility index (Phi) is 4.45. The van der Waals surface area contributed by atoms with Gasteiger partial charge in [-0.15, -0.1) is 0 Å². The predicted molar refractivity (Wildman–Crippen MR) is 82.4 cm³/mol. The summed E-state index contributed by atoms with van der Waals surface area (Å²) in [5.41, 5.74) is 2.66. The van der Waals surface area contributed by atoms with Crippen molar-refractivity contribution in [3.8, 4) is 0 Å². The lowest BCUT2D eigenvalue weighted by atomic mass is 10.0. The van der Waals surface area contributed by atoms with Gasteiger partial charge in [-0.25, -0.2) is 4.68 Å². The van der Waals surface area contributed by atoms with Crippen molar-refractivity contribution >= 4 is 17.3 Å². The molecule has 20 heavy (non-hydrogen) atoms. The second kappa shape index (κ2) is 6.09. The number of nitrogens with one attached hydrogen (secondary N) is 1. The first kappa shape index (κ1) is 14.6. The van der Waals surface area contributed by atoms with Crippen molar-refractivity contribution in [2.45, 2.75) is 33.4 Å². The van der Waals surface area contributed by atoms with Crippen molar-refractivity contribution < 1.29 is 0 Å². The van der Waals surface area contributed by atoms with Crippen molar-refractivity contribution in [1.82, 2.24) is 9.78 Å². The summed E-state index contributed by atoms with van der Waals surface area (Å²) >= 11 is 6.11. The van der Waals surface area contributed by atoms with Gasteiger partial charge in [-0.1, -0.05) is 35.9 Å². The molecule has 0 amide bonds. The molecular weight excluding hydrogens is 274 g/mol. The topological polar surface area (TPSA) is 46.9 Å². The molecule has 106 valence electrons. The third-order valence-corrected chi connectivity index (χ3v) is 3.68. The summed E-state index contributed by atoms with van der Waals surface area (Å²) in [6.45, 7) is 6.45. The second-order valence-electron chi connectivity index (χ2n) is 4.72. The normalized spacial score (nSPS) is 12.2. The van der Waals surface area contributed by atoms with Gasteiger partial charge in [0.25, 0.3) is 5.56 Å². The van der Waals surface area contributed by atoms with Crippen LogP contribution in [0.3, 0.4) is 0 Å². The van der Waals surface area contributed by atoms with Gasteiger partial charge in [0.1, 0.15) is 5.02 Å². The quantitative estimate of drug-likeness (QED) is 0.939. The van der Waals surface area contributed by atoms with E-state index in [2.05, 4.69) is 29.5 Å². The SMILES string of the molecule is CCn1ncc(NC(C)c2ccccc2C)c(Cl)c1=O. The highest BCUT2D eigenvalue weighted by atomic mass is 35.5. The summed E-state index contributed by atoms with van der Waals surface area (Å²) in [6, 6.07) is 8.16. The van der Waals surface area contributed by atoms with Gasteiger partial charge >= 0.3 is 0 Å². The van der Waals surface area contributed by atoms with Crippen molar-refractivity contribution in [3.63, 3.8) is 0 Å². The van der Waals surface area contributed by atoms with Crippen LogP contribution >= 0.6 is 11.6 Å². The summed E-state index contributed by atoms with van der Waals surface area (Å²) in [6.07, 6.45) is 1.60. The van der Waals surface area contributed by atoms with E-state index in [9.17, 15) is 4.79 Å². The first-order valence-electron chi connectivity index (χ1n) is 6.62. The lowest BCUT2D eigenvalue weighted by molar-refractivity contribution is 0.615. The fraction of sp³-hybridized carbons (Fsp3) is 0.333. The van der Waals surface area contributed by atoms with E-state index in [1.807, 2.05) is 26.0 Å². The maximum absolute atomic E-state index is 11.9. The molecule has 1 atom stereocenters. The third-order valence-electron chi connectivity index (χ3n) is 3.31. The Balaban J connectivity index is 2.29. The molecule has 0 bridgehead atoms. The summed E-state index contributed by atoms with van der Waals surface area (Å²) in [4.78, 5) is 11.9. The highest BCUT2D eigenvalue weighted by Gasteiger charge is 2.13. The van der Waals surface area contributed by atoms with Crippen LogP contribution in [0.4, 0.5) is 5.69 Å². The third kappa shape index (κ3) is 2.85. The number of benzene rings is 1. The van der Waals surface area contributed by atoms with Gasteiger partial charge < -0.3 is 5.32 Å². The Morgan fingerprint density at radius 2 is 2.10 bits per heavy atom. The molecule has 1 N–H and O–H groups in total. The Bertz CT molecular complexity index is 666. The van der Waals surface area contributed by atoms with Crippen LogP contribution in [-0.4, -0.2) is 9.78 Å². The van der Waals surface area contributed by atoms with Crippen LogP contribution in [0, 0.1) is 6.92 Å². The fourth-order valence-corrected chi connectivity index (χ4v) is 2.38. The van der Waals surface area contributed by atoms with E-state index in [0.29, 0.717) is 12.2 Å². The van der Waals surface area contributed by atoms with Crippen molar-refractivity contribution in [2.75, 3.05) is 5.32 Å². The summed E-state index contributed by atoms with van der Waals surface area (Å²) in [7, 11) is 0. The largest absolute Gasteiger partial charge is 0.376 e. The number of hydrogen-bond acceptors (Lipinski definition) is 3. The van der Waals surface area contributed by atoms with Crippen LogP contribution in [0.25, 0.3) is 0 Å². The van der Waals surface area contributed by atoms with Gasteiger partial charge in [-0.3, -0.25) is 4.79 Å². The summed E-state index contributed by atoms with van der Waals surface area (Å²) in [5.74, 6) is 0. The Morgan fingerprint density at radius 3 is 2.75 bits per heavy atom.